The van der Waals surface area contributed by atoms with Crippen molar-refractivity contribution in [1.82, 2.24) is 5.32 Å². The summed E-state index contributed by atoms with van der Waals surface area (Å²) >= 11 is 0. The zero-order valence-corrected chi connectivity index (χ0v) is 10.3. The number of carbonyl (C=O) groups is 2. The van der Waals surface area contributed by atoms with Crippen LogP contribution in [0.1, 0.15) is 40.0 Å². The van der Waals surface area contributed by atoms with Crippen molar-refractivity contribution in [2.45, 2.75) is 45.6 Å². The summed E-state index contributed by atoms with van der Waals surface area (Å²) in [7, 11) is 0. The quantitative estimate of drug-likeness (QED) is 0.654. The van der Waals surface area contributed by atoms with E-state index >= 15 is 0 Å². The lowest BCUT2D eigenvalue weighted by molar-refractivity contribution is -0.154. The Bertz CT molecular complexity index is 234. The van der Waals surface area contributed by atoms with Crippen LogP contribution < -0.4 is 11.1 Å². The highest BCUT2D eigenvalue weighted by atomic mass is 16.6. The van der Waals surface area contributed by atoms with E-state index < -0.39 is 5.60 Å². The first kappa shape index (κ1) is 14.9. The Balaban J connectivity index is 3.58. The highest BCUT2D eigenvalue weighted by Gasteiger charge is 2.15. The van der Waals surface area contributed by atoms with E-state index in [-0.39, 0.29) is 18.3 Å². The van der Waals surface area contributed by atoms with Crippen LogP contribution in [0.5, 0.6) is 0 Å². The molecular formula is C11H22N2O3. The molecule has 5 nitrogen and oxygen atoms in total. The van der Waals surface area contributed by atoms with E-state index in [4.69, 9.17) is 10.5 Å². The summed E-state index contributed by atoms with van der Waals surface area (Å²) in [5, 5.41) is 2.64. The van der Waals surface area contributed by atoms with Gasteiger partial charge in [0, 0.05) is 25.9 Å². The molecule has 0 atom stereocenters. The maximum atomic E-state index is 11.3. The maximum Gasteiger partial charge on any atom is 0.306 e. The van der Waals surface area contributed by atoms with Crippen molar-refractivity contribution in [3.05, 3.63) is 0 Å². The van der Waals surface area contributed by atoms with Gasteiger partial charge in [-0.2, -0.15) is 0 Å². The summed E-state index contributed by atoms with van der Waals surface area (Å²) in [5.74, 6) is -0.340. The van der Waals surface area contributed by atoms with Crippen LogP contribution in [0.3, 0.4) is 0 Å². The molecule has 0 aliphatic rings. The third kappa shape index (κ3) is 9.45. The van der Waals surface area contributed by atoms with E-state index in [0.717, 1.165) is 0 Å². The third-order valence-corrected chi connectivity index (χ3v) is 1.67. The lowest BCUT2D eigenvalue weighted by Crippen LogP contribution is -2.29. The zero-order valence-electron chi connectivity index (χ0n) is 10.3. The average molecular weight is 230 g/mol. The van der Waals surface area contributed by atoms with Crippen LogP contribution in [0.4, 0.5) is 0 Å². The molecule has 16 heavy (non-hydrogen) atoms. The van der Waals surface area contributed by atoms with E-state index in [1.807, 2.05) is 20.8 Å². The van der Waals surface area contributed by atoms with Crippen LogP contribution in [0.25, 0.3) is 0 Å². The maximum absolute atomic E-state index is 11.3. The molecule has 0 bridgehead atoms. The Morgan fingerprint density at radius 2 is 1.88 bits per heavy atom. The number of carbonyl (C=O) groups excluding carboxylic acids is 2. The first-order chi connectivity index (χ1) is 7.35. The lowest BCUT2D eigenvalue weighted by Gasteiger charge is -2.19. The lowest BCUT2D eigenvalue weighted by atomic mass is 10.2. The largest absolute Gasteiger partial charge is 0.460 e. The number of rotatable bonds is 6. The van der Waals surface area contributed by atoms with Gasteiger partial charge >= 0.3 is 5.97 Å². The van der Waals surface area contributed by atoms with Crippen molar-refractivity contribution in [3.63, 3.8) is 0 Å². The Kier molecular flexibility index (Phi) is 6.72. The molecule has 0 heterocycles. The molecule has 0 saturated carbocycles. The molecule has 3 N–H and O–H groups in total. The Hall–Kier alpha value is -1.10. The number of nitrogens with one attached hydrogen (secondary N) is 1. The van der Waals surface area contributed by atoms with Gasteiger partial charge in [0.1, 0.15) is 5.60 Å². The minimum Gasteiger partial charge on any atom is -0.460 e. The molecule has 5 heteroatoms. The molecule has 0 saturated heterocycles. The number of ether oxygens (including phenoxy) is 1. The standard InChI is InChI=1S/C11H22N2O3/c1-11(2,3)16-10(15)6-4-5-9(14)13-8-7-12/h4-8,12H2,1-3H3,(H,13,14). The van der Waals surface area contributed by atoms with Crippen LogP contribution in [-0.4, -0.2) is 30.6 Å². The predicted octanol–water partition coefficient (Wildman–Crippen LogP) is 0.573. The minimum atomic E-state index is -0.459. The van der Waals surface area contributed by atoms with Crippen molar-refractivity contribution < 1.29 is 14.3 Å². The van der Waals surface area contributed by atoms with Gasteiger partial charge in [-0.15, -0.1) is 0 Å². The zero-order chi connectivity index (χ0) is 12.6. The molecule has 0 aromatic rings. The fourth-order valence-electron chi connectivity index (χ4n) is 1.09. The second kappa shape index (κ2) is 7.22. The fourth-order valence-corrected chi connectivity index (χ4v) is 1.09. The van der Waals surface area contributed by atoms with E-state index in [0.29, 0.717) is 25.9 Å². The van der Waals surface area contributed by atoms with Crippen LogP contribution in [0.15, 0.2) is 0 Å². The third-order valence-electron chi connectivity index (χ3n) is 1.67. The first-order valence-electron chi connectivity index (χ1n) is 5.54. The van der Waals surface area contributed by atoms with Crippen molar-refractivity contribution >= 4 is 11.9 Å². The second-order valence-electron chi connectivity index (χ2n) is 4.58. The number of esters is 1. The van der Waals surface area contributed by atoms with Crippen LogP contribution >= 0.6 is 0 Å². The molecule has 0 spiro atoms. The number of amides is 1. The highest BCUT2D eigenvalue weighted by Crippen LogP contribution is 2.09. The molecule has 0 rings (SSSR count). The minimum absolute atomic E-state index is 0.0750. The van der Waals surface area contributed by atoms with Crippen LogP contribution in [-0.2, 0) is 14.3 Å². The molecule has 0 aromatic heterocycles. The second-order valence-corrected chi connectivity index (χ2v) is 4.58. The van der Waals surface area contributed by atoms with Crippen LogP contribution in [0, 0.1) is 0 Å². The first-order valence-corrected chi connectivity index (χ1v) is 5.54. The van der Waals surface area contributed by atoms with Gasteiger partial charge in [0.05, 0.1) is 0 Å². The molecular weight excluding hydrogens is 208 g/mol. The van der Waals surface area contributed by atoms with Crippen molar-refractivity contribution in [1.29, 1.82) is 0 Å². The monoisotopic (exact) mass is 230 g/mol. The van der Waals surface area contributed by atoms with Gasteiger partial charge in [0.25, 0.3) is 0 Å². The van der Waals surface area contributed by atoms with E-state index in [9.17, 15) is 9.59 Å². The van der Waals surface area contributed by atoms with E-state index in [1.165, 1.54) is 0 Å². The SMILES string of the molecule is CC(C)(C)OC(=O)CCCC(=O)NCCN. The number of hydrogen-bond acceptors (Lipinski definition) is 4. The van der Waals surface area contributed by atoms with Crippen LogP contribution in [0.2, 0.25) is 0 Å². The van der Waals surface area contributed by atoms with Gasteiger partial charge < -0.3 is 15.8 Å². The highest BCUT2D eigenvalue weighted by molar-refractivity contribution is 5.77. The molecule has 0 aliphatic heterocycles. The van der Waals surface area contributed by atoms with Gasteiger partial charge in [-0.1, -0.05) is 0 Å². The fraction of sp³-hybridized carbons (Fsp3) is 0.818. The molecule has 0 radical (unpaired) electrons. The Labute approximate surface area is 96.7 Å². The number of hydrogen-bond donors (Lipinski definition) is 2. The Morgan fingerprint density at radius 1 is 1.25 bits per heavy atom. The van der Waals surface area contributed by atoms with Crippen molar-refractivity contribution in [2.75, 3.05) is 13.1 Å². The van der Waals surface area contributed by atoms with Crippen molar-refractivity contribution in [3.8, 4) is 0 Å². The molecule has 94 valence electrons. The molecule has 1 amide bonds. The molecule has 0 aliphatic carbocycles. The molecule has 0 unspecified atom stereocenters. The molecule has 0 aromatic carbocycles. The van der Waals surface area contributed by atoms with Gasteiger partial charge in [0.15, 0.2) is 0 Å². The van der Waals surface area contributed by atoms with Crippen molar-refractivity contribution in [2.24, 2.45) is 5.73 Å². The topological polar surface area (TPSA) is 81.4 Å². The van der Waals surface area contributed by atoms with E-state index in [2.05, 4.69) is 5.32 Å². The summed E-state index contributed by atoms with van der Waals surface area (Å²) in [6, 6.07) is 0. The average Bonchev–Trinajstić information content (AvgIpc) is 2.11. The summed E-state index contributed by atoms with van der Waals surface area (Å²) < 4.78 is 5.11. The van der Waals surface area contributed by atoms with Gasteiger partial charge in [-0.25, -0.2) is 0 Å². The summed E-state index contributed by atoms with van der Waals surface area (Å²) in [4.78, 5) is 22.4. The summed E-state index contributed by atoms with van der Waals surface area (Å²) in [6.45, 7) is 6.36. The molecule has 0 fully saturated rings. The smallest absolute Gasteiger partial charge is 0.306 e. The summed E-state index contributed by atoms with van der Waals surface area (Å²) in [6.07, 6.45) is 1.11. The normalized spacial score (nSPS) is 11.0. The summed E-state index contributed by atoms with van der Waals surface area (Å²) in [5.41, 5.74) is 4.77. The Morgan fingerprint density at radius 3 is 2.38 bits per heavy atom. The predicted molar refractivity (Wildman–Crippen MR) is 61.8 cm³/mol. The van der Waals surface area contributed by atoms with Gasteiger partial charge in [0.2, 0.25) is 5.91 Å². The van der Waals surface area contributed by atoms with E-state index in [1.54, 1.807) is 0 Å². The van der Waals surface area contributed by atoms with Gasteiger partial charge in [-0.3, -0.25) is 9.59 Å². The van der Waals surface area contributed by atoms with Gasteiger partial charge in [-0.05, 0) is 27.2 Å². The number of nitrogens with two attached hydrogens (primary N) is 1.